The van der Waals surface area contributed by atoms with Gasteiger partial charge in [-0.1, -0.05) is 0 Å². The minimum atomic E-state index is 0. The van der Waals surface area contributed by atoms with Crippen LogP contribution in [0.5, 0.6) is 0 Å². The molecular formula is C18HFe7KN18. The molecule has 44 heavy (non-hydrogen) atoms. The van der Waals surface area contributed by atoms with Crippen LogP contribution in [-0.2, 0) is 119 Å². The van der Waals surface area contributed by atoms with Gasteiger partial charge in [0.1, 0.15) is 0 Å². The van der Waals surface area contributed by atoms with E-state index in [0.717, 1.165) is 0 Å². The summed E-state index contributed by atoms with van der Waals surface area (Å²) >= 11 is 0. The predicted molar refractivity (Wildman–Crippen MR) is 90.5 cm³/mol. The minimum Gasteiger partial charge on any atom is -1.00 e. The average Bonchev–Trinajstić information content (AvgIpc) is 3.13. The summed E-state index contributed by atoms with van der Waals surface area (Å²) in [6.07, 6.45) is 0. The molecule has 220 valence electrons. The molecule has 4 radical (unpaired) electrons. The molecule has 0 fully saturated rings. The summed E-state index contributed by atoms with van der Waals surface area (Å²) in [6.45, 7) is 85.5. The molecular weight excluding hydrogens is 898 g/mol. The van der Waals surface area contributed by atoms with Gasteiger partial charge in [0.2, 0.25) is 0 Å². The molecule has 0 aliphatic heterocycles. The molecule has 0 aromatic rings. The maximum Gasteiger partial charge on any atom is 3.00 e. The Bertz CT molecular complexity index is 388. The molecule has 0 unspecified atom stereocenters. The van der Waals surface area contributed by atoms with Crippen LogP contribution in [0.15, 0.2) is 0 Å². The normalized spacial score (nSPS) is 0.818. The summed E-state index contributed by atoms with van der Waals surface area (Å²) in [5, 5.41) is 112. The van der Waals surface area contributed by atoms with Gasteiger partial charge < -0.3 is 214 Å². The van der Waals surface area contributed by atoms with Crippen LogP contribution in [0.2, 0.25) is 0 Å². The van der Waals surface area contributed by atoms with Crippen LogP contribution in [0, 0.1) is 213 Å². The first-order valence-corrected chi connectivity index (χ1v) is 4.02. The molecule has 0 bridgehead atoms. The molecule has 0 heterocycles. The predicted octanol–water partition coefficient (Wildman–Crippen LogP) is -1.17. The summed E-state index contributed by atoms with van der Waals surface area (Å²) in [4.78, 5) is 0. The topological polar surface area (TPSA) is 428 Å². The Morgan fingerprint density at radius 3 is 0.159 bits per heavy atom. The zero-order valence-corrected chi connectivity index (χ0v) is 31.4. The zero-order chi connectivity index (χ0) is 36.0. The number of hydrogen-bond donors (Lipinski definition) is 0. The van der Waals surface area contributed by atoms with E-state index in [1.165, 1.54) is 0 Å². The third-order valence-corrected chi connectivity index (χ3v) is 0. The Kier molecular flexibility index (Phi) is 26100. The van der Waals surface area contributed by atoms with E-state index in [1.807, 2.05) is 0 Å². The zero-order valence-electron chi connectivity index (χ0n) is 21.5. The molecule has 0 atom stereocenters. The van der Waals surface area contributed by atoms with E-state index < -0.39 is 0 Å². The number of rotatable bonds is 0. The smallest absolute Gasteiger partial charge is 1.00 e. The first-order valence-electron chi connectivity index (χ1n) is 4.02. The van der Waals surface area contributed by atoms with Crippen LogP contribution in [-0.4, -0.2) is 0 Å². The number of hydrogen-bond acceptors (Lipinski definition) is 18. The van der Waals surface area contributed by atoms with E-state index in [4.69, 9.17) is 213 Å². The van der Waals surface area contributed by atoms with Gasteiger partial charge in [-0.05, 0) is 0 Å². The minimum absolute atomic E-state index is 0. The summed E-state index contributed by atoms with van der Waals surface area (Å²) in [5.74, 6) is 0. The fourth-order valence-corrected chi connectivity index (χ4v) is 0. The van der Waals surface area contributed by atoms with Gasteiger partial charge in [0.05, 0.1) is 0 Å². The van der Waals surface area contributed by atoms with Gasteiger partial charge in [0, 0.05) is 0 Å². The Balaban J connectivity index is -0.00000000301. The quantitative estimate of drug-likeness (QED) is 0.204. The van der Waals surface area contributed by atoms with Crippen LogP contribution in [0.25, 0.3) is 0 Å². The third kappa shape index (κ3) is 3430. The van der Waals surface area contributed by atoms with Crippen molar-refractivity contribution >= 4 is 0 Å². The fourth-order valence-electron chi connectivity index (χ4n) is 0. The van der Waals surface area contributed by atoms with Gasteiger partial charge in [-0.15, -0.1) is 0 Å². The van der Waals surface area contributed by atoms with E-state index in [-0.39, 0.29) is 172 Å². The molecule has 0 aliphatic rings. The second-order valence-corrected chi connectivity index (χ2v) is 0. The molecule has 0 rings (SSSR count). The van der Waals surface area contributed by atoms with E-state index >= 15 is 0 Å². The maximum absolute atomic E-state index is 6.25. The van der Waals surface area contributed by atoms with Gasteiger partial charge >= 0.3 is 171 Å². The van der Waals surface area contributed by atoms with Gasteiger partial charge in [-0.3, -0.25) is 0 Å². The van der Waals surface area contributed by atoms with Crippen LogP contribution in [0.1, 0.15) is 1.43 Å². The Hall–Kier alpha value is -3.91. The molecule has 0 saturated heterocycles. The SMILES string of the molecule is [C-]#N.[C-]#N.[C-]#N.[C-]#N.[C-]#N.[C-]#N.[C-]#N.[C-]#N.[C-]#N.[C-]#N.[C-]#N.[C-]#N.[C-]#N.[C-]#N.[C-]#N.[C-]#N.[C-]#N.[C-]#N.[Fe+2].[Fe+2].[Fe+2].[Fe+3].[Fe+3].[Fe+3].[Fe+3].[H-].[K+]. The van der Waals surface area contributed by atoms with Crippen molar-refractivity contribution in [3.05, 3.63) is 118 Å². The van der Waals surface area contributed by atoms with Crippen molar-refractivity contribution < 1.29 is 172 Å². The summed E-state index contributed by atoms with van der Waals surface area (Å²) < 4.78 is 0. The van der Waals surface area contributed by atoms with Crippen molar-refractivity contribution in [1.29, 1.82) is 94.7 Å². The van der Waals surface area contributed by atoms with Crippen molar-refractivity contribution in [3.8, 4) is 0 Å². The summed E-state index contributed by atoms with van der Waals surface area (Å²) in [7, 11) is 0. The van der Waals surface area contributed by atoms with Crippen LogP contribution < -0.4 is 51.4 Å². The average molecular weight is 899 g/mol. The van der Waals surface area contributed by atoms with E-state index in [0.29, 0.717) is 0 Å². The van der Waals surface area contributed by atoms with Crippen LogP contribution in [0.3, 0.4) is 0 Å². The Morgan fingerprint density at radius 2 is 0.159 bits per heavy atom. The monoisotopic (exact) mass is 900 g/mol. The van der Waals surface area contributed by atoms with Gasteiger partial charge in [0.25, 0.3) is 0 Å². The molecule has 0 amide bonds. The van der Waals surface area contributed by atoms with E-state index in [2.05, 4.69) is 0 Å². The Labute approximate surface area is 380 Å². The molecule has 0 N–H and O–H groups in total. The van der Waals surface area contributed by atoms with Crippen LogP contribution in [0.4, 0.5) is 0 Å². The molecule has 18 nitrogen and oxygen atoms in total. The van der Waals surface area contributed by atoms with Crippen LogP contribution >= 0.6 is 0 Å². The molecule has 0 aromatic carbocycles. The molecule has 0 spiro atoms. The largest absolute Gasteiger partial charge is 3.00 e. The maximum atomic E-state index is 6.25. The molecule has 0 aromatic heterocycles. The van der Waals surface area contributed by atoms with Crippen molar-refractivity contribution in [1.82, 2.24) is 0 Å². The Morgan fingerprint density at radius 1 is 0.159 bits per heavy atom. The molecule has 26 heteroatoms. The van der Waals surface area contributed by atoms with Gasteiger partial charge in [-0.25, -0.2) is 0 Å². The summed E-state index contributed by atoms with van der Waals surface area (Å²) in [6, 6.07) is 0. The number of nitrogens with zero attached hydrogens (tertiary/aromatic N) is 18. The molecule has 0 saturated carbocycles. The van der Waals surface area contributed by atoms with Crippen molar-refractivity contribution in [3.63, 3.8) is 0 Å². The molecule has 0 aliphatic carbocycles. The summed E-state index contributed by atoms with van der Waals surface area (Å²) in [5.41, 5.74) is 0. The van der Waals surface area contributed by atoms with Gasteiger partial charge in [0.15, 0.2) is 0 Å². The fraction of sp³-hybridized carbons (Fsp3) is 0. The standard InChI is InChI=1S/18CN.7Fe.K.H/c18*1-2;;;;;;;;;/q18*-1;3*+2;4*+3;+1;-1. The van der Waals surface area contributed by atoms with Crippen molar-refractivity contribution in [2.24, 2.45) is 0 Å². The van der Waals surface area contributed by atoms with Gasteiger partial charge in [-0.2, -0.15) is 0 Å². The second kappa shape index (κ2) is 3720. The van der Waals surface area contributed by atoms with E-state index in [9.17, 15) is 0 Å². The van der Waals surface area contributed by atoms with Crippen molar-refractivity contribution in [2.45, 2.75) is 0 Å². The second-order valence-electron chi connectivity index (χ2n) is 0. The third-order valence-electron chi connectivity index (χ3n) is 0. The van der Waals surface area contributed by atoms with Crippen molar-refractivity contribution in [2.75, 3.05) is 0 Å². The first-order chi connectivity index (χ1) is 18.0. The van der Waals surface area contributed by atoms with E-state index in [1.54, 1.807) is 0 Å². The first kappa shape index (κ1) is 309.